The fourth-order valence-electron chi connectivity index (χ4n) is 2.16. The van der Waals surface area contributed by atoms with Gasteiger partial charge in [0.05, 0.1) is 11.4 Å². The predicted molar refractivity (Wildman–Crippen MR) is 95.0 cm³/mol. The van der Waals surface area contributed by atoms with Crippen molar-refractivity contribution in [2.24, 2.45) is 0 Å². The summed E-state index contributed by atoms with van der Waals surface area (Å²) in [6.07, 6.45) is 0. The van der Waals surface area contributed by atoms with Gasteiger partial charge in [0.1, 0.15) is 6.54 Å². The van der Waals surface area contributed by atoms with Gasteiger partial charge in [0.15, 0.2) is 0 Å². The molecular weight excluding hydrogens is 362 g/mol. The van der Waals surface area contributed by atoms with Crippen LogP contribution < -0.4 is 5.32 Å². The molecule has 0 fully saturated rings. The number of hydrogen-bond acceptors (Lipinski definition) is 5. The SMILES string of the molecule is CC(=O)Nc1ccc(S(=O)(=O)N(C)CC(=O)N(CC(=O)O)C(C)C)cc1. The molecule has 0 unspecified atom stereocenters. The van der Waals surface area contributed by atoms with E-state index in [1.165, 1.54) is 38.2 Å². The standard InChI is InChI=1S/C16H23N3O6S/c1-11(2)19(10-16(22)23)15(21)9-18(4)26(24,25)14-7-5-13(6-8-14)17-12(3)20/h5-8,11H,9-10H2,1-4H3,(H,17,20)(H,22,23). The summed E-state index contributed by atoms with van der Waals surface area (Å²) < 4.78 is 26.0. The number of hydrogen-bond donors (Lipinski definition) is 2. The zero-order valence-electron chi connectivity index (χ0n) is 15.1. The van der Waals surface area contributed by atoms with Crippen LogP contribution in [0.4, 0.5) is 5.69 Å². The molecule has 1 aromatic carbocycles. The van der Waals surface area contributed by atoms with Crippen molar-refractivity contribution in [3.05, 3.63) is 24.3 Å². The Balaban J connectivity index is 2.93. The van der Waals surface area contributed by atoms with Gasteiger partial charge in [-0.25, -0.2) is 8.42 Å². The van der Waals surface area contributed by atoms with E-state index in [0.717, 1.165) is 9.21 Å². The minimum atomic E-state index is -3.94. The van der Waals surface area contributed by atoms with Crippen molar-refractivity contribution < 1.29 is 27.9 Å². The fourth-order valence-corrected chi connectivity index (χ4v) is 3.28. The largest absolute Gasteiger partial charge is 0.480 e. The number of carbonyl (C=O) groups excluding carboxylic acids is 2. The second-order valence-electron chi connectivity index (χ2n) is 5.98. The van der Waals surface area contributed by atoms with Crippen LogP contribution in [-0.4, -0.2) is 66.7 Å². The van der Waals surface area contributed by atoms with Crippen molar-refractivity contribution in [3.63, 3.8) is 0 Å². The second kappa shape index (κ2) is 8.77. The van der Waals surface area contributed by atoms with Crippen LogP contribution in [0.5, 0.6) is 0 Å². The average molecular weight is 385 g/mol. The van der Waals surface area contributed by atoms with Crippen LogP contribution in [0.2, 0.25) is 0 Å². The highest BCUT2D eigenvalue weighted by atomic mass is 32.2. The fraction of sp³-hybridized carbons (Fsp3) is 0.438. The first-order chi connectivity index (χ1) is 11.9. The molecule has 1 rings (SSSR count). The van der Waals surface area contributed by atoms with Gasteiger partial charge >= 0.3 is 5.97 Å². The number of benzene rings is 1. The summed E-state index contributed by atoms with van der Waals surface area (Å²) in [5.41, 5.74) is 0.447. The molecule has 10 heteroatoms. The zero-order valence-corrected chi connectivity index (χ0v) is 15.9. The van der Waals surface area contributed by atoms with Gasteiger partial charge in [-0.3, -0.25) is 14.4 Å². The van der Waals surface area contributed by atoms with E-state index >= 15 is 0 Å². The highest BCUT2D eigenvalue weighted by molar-refractivity contribution is 7.89. The topological polar surface area (TPSA) is 124 Å². The van der Waals surface area contributed by atoms with Gasteiger partial charge in [0.2, 0.25) is 21.8 Å². The summed E-state index contributed by atoms with van der Waals surface area (Å²) in [6, 6.07) is 5.13. The Bertz CT molecular complexity index is 774. The molecule has 0 bridgehead atoms. The minimum absolute atomic E-state index is 0.0452. The number of nitrogens with one attached hydrogen (secondary N) is 1. The first-order valence-corrected chi connectivity index (χ1v) is 9.24. The molecule has 0 aliphatic heterocycles. The third-order valence-corrected chi connectivity index (χ3v) is 5.31. The van der Waals surface area contributed by atoms with Crippen LogP contribution in [-0.2, 0) is 24.4 Å². The lowest BCUT2D eigenvalue weighted by Gasteiger charge is -2.27. The van der Waals surface area contributed by atoms with E-state index in [4.69, 9.17) is 5.11 Å². The number of carboxylic acids is 1. The third kappa shape index (κ3) is 5.81. The van der Waals surface area contributed by atoms with Gasteiger partial charge in [-0.15, -0.1) is 0 Å². The lowest BCUT2D eigenvalue weighted by atomic mass is 10.3. The highest BCUT2D eigenvalue weighted by Gasteiger charge is 2.27. The van der Waals surface area contributed by atoms with E-state index in [2.05, 4.69) is 5.32 Å². The second-order valence-corrected chi connectivity index (χ2v) is 8.02. The summed E-state index contributed by atoms with van der Waals surface area (Å²) in [6.45, 7) is 3.64. The molecule has 26 heavy (non-hydrogen) atoms. The Morgan fingerprint density at radius 3 is 2.08 bits per heavy atom. The van der Waals surface area contributed by atoms with Crippen molar-refractivity contribution in [1.29, 1.82) is 0 Å². The first kappa shape index (κ1) is 21.6. The van der Waals surface area contributed by atoms with Crippen molar-refractivity contribution in [3.8, 4) is 0 Å². The maximum absolute atomic E-state index is 12.6. The van der Waals surface area contributed by atoms with E-state index < -0.39 is 35.0 Å². The number of carboxylic acid groups (broad SMARTS) is 1. The molecule has 0 spiro atoms. The van der Waals surface area contributed by atoms with Gasteiger partial charge in [0, 0.05) is 25.7 Å². The van der Waals surface area contributed by atoms with Gasteiger partial charge in [-0.2, -0.15) is 4.31 Å². The molecule has 144 valence electrons. The molecule has 9 nitrogen and oxygen atoms in total. The summed E-state index contributed by atoms with van der Waals surface area (Å²) in [5.74, 6) is -2.06. The number of rotatable bonds is 8. The van der Waals surface area contributed by atoms with Crippen LogP contribution >= 0.6 is 0 Å². The molecule has 0 radical (unpaired) electrons. The number of amides is 2. The summed E-state index contributed by atoms with van der Waals surface area (Å²) >= 11 is 0. The van der Waals surface area contributed by atoms with Crippen LogP contribution in [0.1, 0.15) is 20.8 Å². The van der Waals surface area contributed by atoms with Crippen LogP contribution in [0.15, 0.2) is 29.2 Å². The van der Waals surface area contributed by atoms with Crippen molar-refractivity contribution in [2.45, 2.75) is 31.7 Å². The molecular formula is C16H23N3O6S. The van der Waals surface area contributed by atoms with E-state index in [9.17, 15) is 22.8 Å². The molecule has 0 aliphatic carbocycles. The first-order valence-electron chi connectivity index (χ1n) is 7.80. The van der Waals surface area contributed by atoms with Crippen molar-refractivity contribution in [2.75, 3.05) is 25.5 Å². The van der Waals surface area contributed by atoms with Crippen molar-refractivity contribution in [1.82, 2.24) is 9.21 Å². The lowest BCUT2D eigenvalue weighted by Crippen LogP contribution is -2.46. The number of sulfonamides is 1. The smallest absolute Gasteiger partial charge is 0.323 e. The predicted octanol–water partition coefficient (Wildman–Crippen LogP) is 0.587. The van der Waals surface area contributed by atoms with Crippen molar-refractivity contribution >= 4 is 33.5 Å². The normalized spacial score (nSPS) is 11.5. The molecule has 0 saturated heterocycles. The number of likely N-dealkylation sites (N-methyl/N-ethyl adjacent to an activating group) is 1. The van der Waals surface area contributed by atoms with Gasteiger partial charge in [0.25, 0.3) is 0 Å². The third-order valence-electron chi connectivity index (χ3n) is 3.49. The monoisotopic (exact) mass is 385 g/mol. The molecule has 0 heterocycles. The van der Waals surface area contributed by atoms with E-state index in [0.29, 0.717) is 5.69 Å². The molecule has 0 atom stereocenters. The summed E-state index contributed by atoms with van der Waals surface area (Å²) in [5, 5.41) is 11.4. The maximum Gasteiger partial charge on any atom is 0.323 e. The van der Waals surface area contributed by atoms with Gasteiger partial charge in [-0.1, -0.05) is 0 Å². The molecule has 0 aliphatic rings. The van der Waals surface area contributed by atoms with Gasteiger partial charge in [-0.05, 0) is 38.1 Å². The molecule has 0 saturated carbocycles. The number of carbonyl (C=O) groups is 3. The molecule has 1 aromatic rings. The Morgan fingerprint density at radius 2 is 1.65 bits per heavy atom. The van der Waals surface area contributed by atoms with E-state index in [1.54, 1.807) is 13.8 Å². The molecule has 2 amide bonds. The molecule has 2 N–H and O–H groups in total. The zero-order chi connectivity index (χ0) is 20.1. The van der Waals surface area contributed by atoms with Gasteiger partial charge < -0.3 is 15.3 Å². The lowest BCUT2D eigenvalue weighted by molar-refractivity contribution is -0.145. The van der Waals surface area contributed by atoms with Crippen LogP contribution in [0.3, 0.4) is 0 Å². The number of aliphatic carboxylic acids is 1. The van der Waals surface area contributed by atoms with E-state index in [-0.39, 0.29) is 16.8 Å². The maximum atomic E-state index is 12.6. The number of anilines is 1. The Morgan fingerprint density at radius 1 is 1.12 bits per heavy atom. The van der Waals surface area contributed by atoms with Crippen LogP contribution in [0.25, 0.3) is 0 Å². The minimum Gasteiger partial charge on any atom is -0.480 e. The summed E-state index contributed by atoms with van der Waals surface area (Å²) in [7, 11) is -2.70. The Labute approximate surface area is 152 Å². The quantitative estimate of drug-likeness (QED) is 0.675. The number of nitrogens with zero attached hydrogens (tertiary/aromatic N) is 2. The Hall–Kier alpha value is -2.46. The highest BCUT2D eigenvalue weighted by Crippen LogP contribution is 2.18. The van der Waals surface area contributed by atoms with Crippen LogP contribution in [0, 0.1) is 0 Å². The van der Waals surface area contributed by atoms with E-state index in [1.807, 2.05) is 0 Å². The average Bonchev–Trinajstić information content (AvgIpc) is 2.51. The summed E-state index contributed by atoms with van der Waals surface area (Å²) in [4.78, 5) is 35.2. The molecule has 0 aromatic heterocycles. The Kier molecular flexibility index (Phi) is 7.28.